The largest absolute Gasteiger partial charge is 0.515 e. The zero-order valence-electron chi connectivity index (χ0n) is 9.10. The molecule has 0 aromatic heterocycles. The Balaban J connectivity index is 3.78. The van der Waals surface area contributed by atoms with E-state index in [0.717, 1.165) is 0 Å². The highest BCUT2D eigenvalue weighted by Gasteiger charge is 2.08. The third-order valence-electron chi connectivity index (χ3n) is 1.58. The van der Waals surface area contributed by atoms with Gasteiger partial charge in [-0.3, -0.25) is 0 Å². The van der Waals surface area contributed by atoms with Crippen molar-refractivity contribution in [3.8, 4) is 0 Å². The number of ether oxygens (including phenoxy) is 2. The van der Waals surface area contributed by atoms with Crippen LogP contribution in [0.4, 0.5) is 0 Å². The maximum Gasteiger partial charge on any atom is 0.336 e. The van der Waals surface area contributed by atoms with Gasteiger partial charge in [0.15, 0.2) is 0 Å². The molecule has 2 N–H and O–H groups in total. The van der Waals surface area contributed by atoms with Gasteiger partial charge in [0.05, 0.1) is 23.7 Å². The summed E-state index contributed by atoms with van der Waals surface area (Å²) in [6.07, 6.45) is 1.26. The first-order valence-corrected chi connectivity index (χ1v) is 4.49. The van der Waals surface area contributed by atoms with Gasteiger partial charge in [-0.05, 0) is 13.8 Å². The van der Waals surface area contributed by atoms with E-state index in [2.05, 4.69) is 9.47 Å². The predicted octanol–water partition coefficient (Wildman–Crippen LogP) is 0.996. The molecule has 90 valence electrons. The van der Waals surface area contributed by atoms with Crippen LogP contribution in [0.3, 0.4) is 0 Å². The fourth-order valence-corrected chi connectivity index (χ4v) is 0.602. The first-order valence-electron chi connectivity index (χ1n) is 4.49. The van der Waals surface area contributed by atoms with Crippen molar-refractivity contribution in [3.63, 3.8) is 0 Å². The van der Waals surface area contributed by atoms with E-state index in [1.165, 1.54) is 13.8 Å². The van der Waals surface area contributed by atoms with E-state index in [-0.39, 0.29) is 24.4 Å². The zero-order chi connectivity index (χ0) is 12.6. The maximum absolute atomic E-state index is 11.0. The highest BCUT2D eigenvalue weighted by Crippen LogP contribution is 1.97. The van der Waals surface area contributed by atoms with E-state index in [1.807, 2.05) is 0 Å². The molecule has 0 heterocycles. The second kappa shape index (κ2) is 7.33. The zero-order valence-corrected chi connectivity index (χ0v) is 9.10. The molecule has 0 aromatic rings. The molecule has 0 fully saturated rings. The van der Waals surface area contributed by atoms with Gasteiger partial charge in [-0.25, -0.2) is 9.59 Å². The Hall–Kier alpha value is -1.98. The van der Waals surface area contributed by atoms with Gasteiger partial charge in [0.25, 0.3) is 0 Å². The summed E-state index contributed by atoms with van der Waals surface area (Å²) in [5.41, 5.74) is 0.107. The summed E-state index contributed by atoms with van der Waals surface area (Å²) in [7, 11) is 0. The summed E-state index contributed by atoms with van der Waals surface area (Å²) in [5, 5.41) is 16.9. The molecule has 0 aromatic carbocycles. The predicted molar refractivity (Wildman–Crippen MR) is 54.7 cm³/mol. The van der Waals surface area contributed by atoms with Crippen molar-refractivity contribution in [2.45, 2.75) is 13.8 Å². The molecule has 0 unspecified atom stereocenters. The van der Waals surface area contributed by atoms with E-state index in [4.69, 9.17) is 10.2 Å². The molecular weight excluding hydrogens is 216 g/mol. The minimum atomic E-state index is -0.687. The Kier molecular flexibility index (Phi) is 6.42. The molecule has 0 rings (SSSR count). The summed E-state index contributed by atoms with van der Waals surface area (Å²) in [6.45, 7) is 2.53. The number of esters is 2. The molecule has 0 spiro atoms. The molecule has 0 aliphatic rings. The van der Waals surface area contributed by atoms with Gasteiger partial charge in [-0.2, -0.15) is 0 Å². The standard InChI is InChI=1S/C10H14O6/c1-7(5-11)9(13)15-3-4-16-10(14)8(2)6-12/h5-6,11-12H,3-4H2,1-2H3. The van der Waals surface area contributed by atoms with Crippen LogP contribution in [-0.4, -0.2) is 35.4 Å². The fraction of sp³-hybridized carbons (Fsp3) is 0.400. The first kappa shape index (κ1) is 14.0. The quantitative estimate of drug-likeness (QED) is 0.317. The van der Waals surface area contributed by atoms with Gasteiger partial charge in [-0.15, -0.1) is 0 Å². The molecule has 0 saturated carbocycles. The molecule has 0 saturated heterocycles. The smallest absolute Gasteiger partial charge is 0.336 e. The van der Waals surface area contributed by atoms with Crippen LogP contribution in [0, 0.1) is 0 Å². The van der Waals surface area contributed by atoms with Gasteiger partial charge < -0.3 is 19.7 Å². The van der Waals surface area contributed by atoms with Gasteiger partial charge in [0, 0.05) is 0 Å². The van der Waals surface area contributed by atoms with Gasteiger partial charge in [0.2, 0.25) is 0 Å². The number of aliphatic hydroxyl groups excluding tert-OH is 2. The number of aliphatic hydroxyl groups is 2. The third-order valence-corrected chi connectivity index (χ3v) is 1.58. The second-order valence-corrected chi connectivity index (χ2v) is 2.90. The fourth-order valence-electron chi connectivity index (χ4n) is 0.602. The molecule has 0 atom stereocenters. The first-order chi connectivity index (χ1) is 7.52. The maximum atomic E-state index is 11.0. The van der Waals surface area contributed by atoms with Crippen LogP contribution in [0.15, 0.2) is 23.7 Å². The number of carbonyl (C=O) groups is 2. The van der Waals surface area contributed by atoms with Crippen molar-refractivity contribution < 1.29 is 29.3 Å². The molecule has 6 nitrogen and oxygen atoms in total. The highest BCUT2D eigenvalue weighted by molar-refractivity contribution is 5.88. The Labute approximate surface area is 92.8 Å². The number of hydrogen-bond donors (Lipinski definition) is 2. The minimum Gasteiger partial charge on any atom is -0.515 e. The average molecular weight is 230 g/mol. The van der Waals surface area contributed by atoms with Crippen LogP contribution in [0.25, 0.3) is 0 Å². The van der Waals surface area contributed by atoms with Crippen LogP contribution >= 0.6 is 0 Å². The van der Waals surface area contributed by atoms with Crippen molar-refractivity contribution in [1.29, 1.82) is 0 Å². The third kappa shape index (κ3) is 5.04. The van der Waals surface area contributed by atoms with Gasteiger partial charge in [0.1, 0.15) is 13.2 Å². The SMILES string of the molecule is CC(=CO)C(=O)OCCOC(=O)C(C)=CO. The normalized spacial score (nSPS) is 12.1. The van der Waals surface area contributed by atoms with Crippen molar-refractivity contribution in [2.75, 3.05) is 13.2 Å². The van der Waals surface area contributed by atoms with E-state index in [1.54, 1.807) is 0 Å². The summed E-state index contributed by atoms with van der Waals surface area (Å²) < 4.78 is 9.26. The van der Waals surface area contributed by atoms with Crippen LogP contribution in [0.1, 0.15) is 13.8 Å². The monoisotopic (exact) mass is 230 g/mol. The van der Waals surface area contributed by atoms with Crippen LogP contribution in [-0.2, 0) is 19.1 Å². The molecule has 6 heteroatoms. The van der Waals surface area contributed by atoms with E-state index < -0.39 is 11.9 Å². The molecular formula is C10H14O6. The van der Waals surface area contributed by atoms with E-state index in [0.29, 0.717) is 12.5 Å². The Morgan fingerprint density at radius 2 is 1.25 bits per heavy atom. The lowest BCUT2D eigenvalue weighted by molar-refractivity contribution is -0.147. The summed E-state index contributed by atoms with van der Waals surface area (Å²) in [4.78, 5) is 21.9. The van der Waals surface area contributed by atoms with Gasteiger partial charge in [-0.1, -0.05) is 0 Å². The molecule has 0 aliphatic heterocycles. The van der Waals surface area contributed by atoms with Crippen LogP contribution in [0.2, 0.25) is 0 Å². The molecule has 0 bridgehead atoms. The highest BCUT2D eigenvalue weighted by atomic mass is 16.6. The molecule has 0 radical (unpaired) electrons. The van der Waals surface area contributed by atoms with E-state index in [9.17, 15) is 9.59 Å². The number of hydrogen-bond acceptors (Lipinski definition) is 6. The summed E-state index contributed by atoms with van der Waals surface area (Å²) >= 11 is 0. The number of rotatable bonds is 5. The summed E-state index contributed by atoms with van der Waals surface area (Å²) in [6, 6.07) is 0. The van der Waals surface area contributed by atoms with E-state index >= 15 is 0 Å². The van der Waals surface area contributed by atoms with Crippen molar-refractivity contribution >= 4 is 11.9 Å². The van der Waals surface area contributed by atoms with Gasteiger partial charge >= 0.3 is 11.9 Å². The summed E-state index contributed by atoms with van der Waals surface area (Å²) in [5.74, 6) is -1.37. The molecule has 0 aliphatic carbocycles. The topological polar surface area (TPSA) is 93.1 Å². The van der Waals surface area contributed by atoms with Crippen molar-refractivity contribution in [2.24, 2.45) is 0 Å². The second-order valence-electron chi connectivity index (χ2n) is 2.90. The lowest BCUT2D eigenvalue weighted by atomic mass is 10.3. The van der Waals surface area contributed by atoms with Crippen molar-refractivity contribution in [1.82, 2.24) is 0 Å². The number of carbonyl (C=O) groups excluding carboxylic acids is 2. The van der Waals surface area contributed by atoms with Crippen LogP contribution in [0.5, 0.6) is 0 Å². The van der Waals surface area contributed by atoms with Crippen LogP contribution < -0.4 is 0 Å². The lowest BCUT2D eigenvalue weighted by Crippen LogP contribution is -2.14. The van der Waals surface area contributed by atoms with Crippen molar-refractivity contribution in [3.05, 3.63) is 23.7 Å². The minimum absolute atomic E-state index is 0.0535. The molecule has 16 heavy (non-hydrogen) atoms. The molecule has 0 amide bonds. The lowest BCUT2D eigenvalue weighted by Gasteiger charge is -2.05. The average Bonchev–Trinajstić information content (AvgIpc) is 2.31. The Morgan fingerprint density at radius 1 is 0.938 bits per heavy atom. The Morgan fingerprint density at radius 3 is 1.50 bits per heavy atom. The Bertz CT molecular complexity index is 283.